The van der Waals surface area contributed by atoms with Crippen molar-refractivity contribution in [3.8, 4) is 0 Å². The number of rotatable bonds is 0. The van der Waals surface area contributed by atoms with Gasteiger partial charge in [0.1, 0.15) is 0 Å². The van der Waals surface area contributed by atoms with Crippen molar-refractivity contribution in [1.82, 2.24) is 0 Å². The highest BCUT2D eigenvalue weighted by Crippen LogP contribution is 2.51. The van der Waals surface area contributed by atoms with Gasteiger partial charge in [0.2, 0.25) is 0 Å². The Morgan fingerprint density at radius 1 is 0.875 bits per heavy atom. The summed E-state index contributed by atoms with van der Waals surface area (Å²) in [5, 5.41) is 1.47. The molecule has 2 atom stereocenters. The molecule has 2 aliphatic heterocycles. The van der Waals surface area contributed by atoms with Crippen LogP contribution >= 0.6 is 47.0 Å². The van der Waals surface area contributed by atoms with Gasteiger partial charge in [-0.05, 0) is 12.1 Å². The lowest BCUT2D eigenvalue weighted by Crippen LogP contribution is -1.98. The topological polar surface area (TPSA) is 0 Å². The summed E-state index contributed by atoms with van der Waals surface area (Å²) < 4.78 is 0. The third-order valence-electron chi connectivity index (χ3n) is 2.62. The van der Waals surface area contributed by atoms with Crippen molar-refractivity contribution in [2.75, 3.05) is 11.5 Å². The molecule has 0 aliphatic carbocycles. The first-order chi connectivity index (χ1) is 7.74. The molecule has 2 unspecified atom stereocenters. The van der Waals surface area contributed by atoms with Gasteiger partial charge in [-0.25, -0.2) is 0 Å². The first-order valence-electron chi connectivity index (χ1n) is 5.50. The molecule has 1 aromatic rings. The molecule has 0 radical (unpaired) electrons. The van der Waals surface area contributed by atoms with Gasteiger partial charge in [0.25, 0.3) is 0 Å². The van der Waals surface area contributed by atoms with Gasteiger partial charge in [-0.3, -0.25) is 0 Å². The molecule has 0 spiro atoms. The molecule has 0 saturated heterocycles. The maximum Gasteiger partial charge on any atom is 0.0359 e. The highest BCUT2D eigenvalue weighted by atomic mass is 32.2. The van der Waals surface area contributed by atoms with Gasteiger partial charge in [0.05, 0.1) is 0 Å². The zero-order valence-corrected chi connectivity index (χ0v) is 12.6. The van der Waals surface area contributed by atoms with Gasteiger partial charge in [-0.15, -0.1) is 47.0 Å². The van der Waals surface area contributed by atoms with Gasteiger partial charge in [0.15, 0.2) is 0 Å². The first-order valence-corrected chi connectivity index (χ1v) is 9.23. The molecule has 16 heavy (non-hydrogen) atoms. The van der Waals surface area contributed by atoms with Gasteiger partial charge >= 0.3 is 0 Å². The number of thioether (sulfide) groups is 4. The Morgan fingerprint density at radius 2 is 1.56 bits per heavy atom. The van der Waals surface area contributed by atoms with Crippen LogP contribution in [0.25, 0.3) is 0 Å². The molecular formula is C12H14S4. The molecule has 3 rings (SSSR count). The van der Waals surface area contributed by atoms with E-state index in [1.807, 2.05) is 23.5 Å². The van der Waals surface area contributed by atoms with E-state index >= 15 is 0 Å². The molecule has 0 amide bonds. The Labute approximate surface area is 114 Å². The van der Waals surface area contributed by atoms with Crippen molar-refractivity contribution in [2.45, 2.75) is 43.9 Å². The van der Waals surface area contributed by atoms with Crippen LogP contribution in [0.5, 0.6) is 0 Å². The minimum atomic E-state index is 0.733. The van der Waals surface area contributed by atoms with E-state index in [0.29, 0.717) is 0 Å². The van der Waals surface area contributed by atoms with E-state index in [1.54, 1.807) is 9.79 Å². The van der Waals surface area contributed by atoms with Crippen molar-refractivity contribution in [3.63, 3.8) is 0 Å². The zero-order chi connectivity index (χ0) is 11.1. The molecule has 2 aliphatic rings. The lowest BCUT2D eigenvalue weighted by atomic mass is 10.3. The summed E-state index contributed by atoms with van der Waals surface area (Å²) in [7, 11) is 0. The predicted octanol–water partition coefficient (Wildman–Crippen LogP) is 4.86. The summed E-state index contributed by atoms with van der Waals surface area (Å²) in [6.07, 6.45) is 0. The monoisotopic (exact) mass is 286 g/mol. The summed E-state index contributed by atoms with van der Waals surface area (Å²) in [5.41, 5.74) is 0. The quantitative estimate of drug-likeness (QED) is 0.667. The number of hydrogen-bond donors (Lipinski definition) is 0. The molecule has 1 aromatic carbocycles. The van der Waals surface area contributed by atoms with E-state index < -0.39 is 0 Å². The van der Waals surface area contributed by atoms with Crippen molar-refractivity contribution in [1.29, 1.82) is 0 Å². The van der Waals surface area contributed by atoms with Gasteiger partial charge in [-0.1, -0.05) is 13.8 Å². The Morgan fingerprint density at radius 3 is 2.44 bits per heavy atom. The maximum atomic E-state index is 2.35. The standard InChI is InChI=1S/C12H14S4/c1-7-6-14-11-9-3-4-10(15-7)12(11)16-8(2)5-13-9/h3-4,7-8H,5-6H2,1-2H3. The van der Waals surface area contributed by atoms with Gasteiger partial charge < -0.3 is 0 Å². The second-order valence-electron chi connectivity index (χ2n) is 4.20. The van der Waals surface area contributed by atoms with Gasteiger partial charge in [0, 0.05) is 41.6 Å². The smallest absolute Gasteiger partial charge is 0.0359 e. The van der Waals surface area contributed by atoms with Crippen LogP contribution in [-0.2, 0) is 0 Å². The third-order valence-corrected chi connectivity index (χ3v) is 8.52. The van der Waals surface area contributed by atoms with Crippen LogP contribution < -0.4 is 0 Å². The fourth-order valence-electron chi connectivity index (χ4n) is 1.88. The van der Waals surface area contributed by atoms with E-state index in [0.717, 1.165) is 10.5 Å². The Bertz CT molecular complexity index is 416. The molecule has 0 aromatic heterocycles. The summed E-state index contributed by atoms with van der Waals surface area (Å²) in [6.45, 7) is 4.68. The fourth-order valence-corrected chi connectivity index (χ4v) is 7.18. The van der Waals surface area contributed by atoms with Crippen molar-refractivity contribution in [2.24, 2.45) is 0 Å². The van der Waals surface area contributed by atoms with Crippen LogP contribution in [0.2, 0.25) is 0 Å². The average Bonchev–Trinajstić information content (AvgIpc) is 2.41. The SMILES string of the molecule is CC1CSc2c3ccc(c2SC(C)CS3)S1. The highest BCUT2D eigenvalue weighted by molar-refractivity contribution is 8.08. The van der Waals surface area contributed by atoms with Crippen LogP contribution in [0.15, 0.2) is 31.7 Å². The molecule has 86 valence electrons. The Kier molecular flexibility index (Phi) is 3.44. The van der Waals surface area contributed by atoms with Crippen LogP contribution in [0, 0.1) is 0 Å². The molecule has 0 nitrogen and oxygen atoms in total. The van der Waals surface area contributed by atoms with Crippen LogP contribution in [0.3, 0.4) is 0 Å². The predicted molar refractivity (Wildman–Crippen MR) is 78.5 cm³/mol. The van der Waals surface area contributed by atoms with Crippen LogP contribution in [0.4, 0.5) is 0 Å². The molecule has 4 bridgehead atoms. The van der Waals surface area contributed by atoms with E-state index in [9.17, 15) is 0 Å². The van der Waals surface area contributed by atoms with Crippen molar-refractivity contribution in [3.05, 3.63) is 12.1 Å². The molecule has 4 heteroatoms. The number of hydrogen-bond acceptors (Lipinski definition) is 4. The second-order valence-corrected chi connectivity index (χ2v) is 9.22. The minimum Gasteiger partial charge on any atom is -0.124 e. The average molecular weight is 287 g/mol. The molecule has 2 heterocycles. The fraction of sp³-hybridized carbons (Fsp3) is 0.500. The summed E-state index contributed by atoms with van der Waals surface area (Å²) in [6, 6.07) is 4.66. The van der Waals surface area contributed by atoms with E-state index in [-0.39, 0.29) is 0 Å². The Hall–Kier alpha value is 0.620. The van der Waals surface area contributed by atoms with E-state index in [4.69, 9.17) is 0 Å². The van der Waals surface area contributed by atoms with Crippen molar-refractivity contribution >= 4 is 47.0 Å². The first kappa shape index (κ1) is 11.7. The zero-order valence-electron chi connectivity index (χ0n) is 9.36. The summed E-state index contributed by atoms with van der Waals surface area (Å²) in [5.74, 6) is 2.49. The lowest BCUT2D eigenvalue weighted by molar-refractivity contribution is 1.04. The molecule has 0 saturated carbocycles. The second kappa shape index (κ2) is 4.71. The third kappa shape index (κ3) is 2.14. The molecule has 0 fully saturated rings. The summed E-state index contributed by atoms with van der Waals surface area (Å²) in [4.78, 5) is 6.15. The normalized spacial score (nSPS) is 28.4. The van der Waals surface area contributed by atoms with Gasteiger partial charge in [-0.2, -0.15) is 0 Å². The van der Waals surface area contributed by atoms with E-state index in [2.05, 4.69) is 49.5 Å². The highest BCUT2D eigenvalue weighted by Gasteiger charge is 2.25. The summed E-state index contributed by atoms with van der Waals surface area (Å²) >= 11 is 8.22. The van der Waals surface area contributed by atoms with Crippen molar-refractivity contribution < 1.29 is 0 Å². The lowest BCUT2D eigenvalue weighted by Gasteiger charge is -2.11. The van der Waals surface area contributed by atoms with Crippen LogP contribution in [0.1, 0.15) is 13.8 Å². The molecular weight excluding hydrogens is 272 g/mol. The van der Waals surface area contributed by atoms with E-state index in [1.165, 1.54) is 21.3 Å². The maximum absolute atomic E-state index is 2.35. The number of benzene rings is 1. The molecule has 0 N–H and O–H groups in total. The Balaban J connectivity index is 2.12. The van der Waals surface area contributed by atoms with Crippen LogP contribution in [-0.4, -0.2) is 22.0 Å². The largest absolute Gasteiger partial charge is 0.124 e. The minimum absolute atomic E-state index is 0.733.